The fourth-order valence-electron chi connectivity index (χ4n) is 1.89. The van der Waals surface area contributed by atoms with Gasteiger partial charge in [-0.3, -0.25) is 4.79 Å². The molecule has 1 N–H and O–H groups in total. The van der Waals surface area contributed by atoms with Gasteiger partial charge in [-0.15, -0.1) is 0 Å². The molecule has 0 aliphatic carbocycles. The maximum atomic E-state index is 12.7. The molecule has 2 rings (SSSR count). The van der Waals surface area contributed by atoms with E-state index in [2.05, 4.69) is 21.2 Å². The van der Waals surface area contributed by atoms with Crippen LogP contribution >= 0.6 is 15.9 Å². The normalized spacial score (nSPS) is 10.3. The van der Waals surface area contributed by atoms with Crippen LogP contribution < -0.4 is 10.1 Å². The lowest BCUT2D eigenvalue weighted by Gasteiger charge is -2.08. The van der Waals surface area contributed by atoms with Gasteiger partial charge in [-0.1, -0.05) is 12.1 Å². The Labute approximate surface area is 137 Å². The lowest BCUT2D eigenvalue weighted by atomic mass is 10.2. The number of ether oxygens (including phenoxy) is 1. The Morgan fingerprint density at radius 3 is 2.55 bits per heavy atom. The standard InChI is InChI=1S/C17H17BrFNO2/c18-16-6-2-1-5-15(16)17(21)20-11-3-4-12-22-14-9-7-13(19)8-10-14/h1-2,5-10H,3-4,11-12H2,(H,20,21). The van der Waals surface area contributed by atoms with E-state index >= 15 is 0 Å². The first-order valence-corrected chi connectivity index (χ1v) is 7.87. The van der Waals surface area contributed by atoms with Crippen LogP contribution in [0.15, 0.2) is 53.0 Å². The third-order valence-electron chi connectivity index (χ3n) is 3.06. The number of unbranched alkanes of at least 4 members (excludes halogenated alkanes) is 1. The second-order valence-electron chi connectivity index (χ2n) is 4.75. The highest BCUT2D eigenvalue weighted by Crippen LogP contribution is 2.15. The number of rotatable bonds is 7. The Kier molecular flexibility index (Phi) is 6.40. The fourth-order valence-corrected chi connectivity index (χ4v) is 2.36. The van der Waals surface area contributed by atoms with Crippen molar-refractivity contribution in [2.24, 2.45) is 0 Å². The lowest BCUT2D eigenvalue weighted by molar-refractivity contribution is 0.0951. The SMILES string of the molecule is O=C(NCCCCOc1ccc(F)cc1)c1ccccc1Br. The van der Waals surface area contributed by atoms with E-state index in [0.29, 0.717) is 24.5 Å². The van der Waals surface area contributed by atoms with Crippen molar-refractivity contribution >= 4 is 21.8 Å². The monoisotopic (exact) mass is 365 g/mol. The molecule has 0 atom stereocenters. The second-order valence-corrected chi connectivity index (χ2v) is 5.60. The molecule has 2 aromatic carbocycles. The Morgan fingerprint density at radius 1 is 1.09 bits per heavy atom. The van der Waals surface area contributed by atoms with E-state index in [9.17, 15) is 9.18 Å². The van der Waals surface area contributed by atoms with Gasteiger partial charge in [0.05, 0.1) is 12.2 Å². The molecule has 0 spiro atoms. The molecule has 0 aromatic heterocycles. The predicted octanol–water partition coefficient (Wildman–Crippen LogP) is 4.18. The topological polar surface area (TPSA) is 38.3 Å². The van der Waals surface area contributed by atoms with Crippen LogP contribution in [0.4, 0.5) is 4.39 Å². The van der Waals surface area contributed by atoms with Gasteiger partial charge in [0.2, 0.25) is 0 Å². The van der Waals surface area contributed by atoms with E-state index in [0.717, 1.165) is 17.3 Å². The van der Waals surface area contributed by atoms with Gasteiger partial charge < -0.3 is 10.1 Å². The van der Waals surface area contributed by atoms with Crippen molar-refractivity contribution in [1.29, 1.82) is 0 Å². The summed E-state index contributed by atoms with van der Waals surface area (Å²) >= 11 is 3.35. The molecule has 0 aliphatic heterocycles. The molecule has 3 nitrogen and oxygen atoms in total. The zero-order valence-electron chi connectivity index (χ0n) is 12.0. The zero-order chi connectivity index (χ0) is 15.8. The molecule has 0 unspecified atom stereocenters. The molecular formula is C17H17BrFNO2. The lowest BCUT2D eigenvalue weighted by Crippen LogP contribution is -2.25. The number of amides is 1. The molecule has 5 heteroatoms. The molecule has 1 amide bonds. The number of hydrogen-bond donors (Lipinski definition) is 1. The summed E-state index contributed by atoms with van der Waals surface area (Å²) in [5.74, 6) is 0.285. The van der Waals surface area contributed by atoms with Crippen LogP contribution in [0.2, 0.25) is 0 Å². The second kappa shape index (κ2) is 8.54. The third kappa shape index (κ3) is 5.15. The molecule has 22 heavy (non-hydrogen) atoms. The van der Waals surface area contributed by atoms with Crippen LogP contribution in [-0.2, 0) is 0 Å². The molecular weight excluding hydrogens is 349 g/mol. The molecule has 0 heterocycles. The number of carbonyl (C=O) groups excluding carboxylic acids is 1. The maximum Gasteiger partial charge on any atom is 0.252 e. The van der Waals surface area contributed by atoms with E-state index < -0.39 is 0 Å². The molecule has 0 saturated carbocycles. The van der Waals surface area contributed by atoms with E-state index in [1.54, 1.807) is 18.2 Å². The van der Waals surface area contributed by atoms with Crippen molar-refractivity contribution in [2.75, 3.05) is 13.2 Å². The smallest absolute Gasteiger partial charge is 0.252 e. The fraction of sp³-hybridized carbons (Fsp3) is 0.235. The van der Waals surface area contributed by atoms with Gasteiger partial charge in [0, 0.05) is 11.0 Å². The van der Waals surface area contributed by atoms with Gasteiger partial charge in [-0.05, 0) is 65.2 Å². The number of hydrogen-bond acceptors (Lipinski definition) is 2. The minimum absolute atomic E-state index is 0.0908. The van der Waals surface area contributed by atoms with Crippen LogP contribution in [-0.4, -0.2) is 19.1 Å². The Balaban J connectivity index is 1.62. The van der Waals surface area contributed by atoms with E-state index in [-0.39, 0.29) is 11.7 Å². The summed E-state index contributed by atoms with van der Waals surface area (Å²) in [6, 6.07) is 13.3. The molecule has 2 aromatic rings. The zero-order valence-corrected chi connectivity index (χ0v) is 13.6. The van der Waals surface area contributed by atoms with Crippen molar-refractivity contribution in [3.63, 3.8) is 0 Å². The Bertz CT molecular complexity index is 616. The van der Waals surface area contributed by atoms with Crippen LogP contribution in [0.25, 0.3) is 0 Å². The summed E-state index contributed by atoms with van der Waals surface area (Å²) in [6.07, 6.45) is 1.63. The molecule has 0 radical (unpaired) electrons. The summed E-state index contributed by atoms with van der Waals surface area (Å²) < 4.78 is 19.0. The summed E-state index contributed by atoms with van der Waals surface area (Å²) in [5.41, 5.74) is 0.630. The van der Waals surface area contributed by atoms with Crippen molar-refractivity contribution < 1.29 is 13.9 Å². The van der Waals surface area contributed by atoms with Gasteiger partial charge in [0.25, 0.3) is 5.91 Å². The highest BCUT2D eigenvalue weighted by atomic mass is 79.9. The number of carbonyl (C=O) groups is 1. The van der Waals surface area contributed by atoms with Crippen molar-refractivity contribution in [1.82, 2.24) is 5.32 Å². The minimum atomic E-state index is -0.276. The van der Waals surface area contributed by atoms with E-state index in [4.69, 9.17) is 4.74 Å². The molecule has 0 saturated heterocycles. The largest absolute Gasteiger partial charge is 0.494 e. The first-order valence-electron chi connectivity index (χ1n) is 7.08. The molecule has 0 bridgehead atoms. The number of halogens is 2. The van der Waals surface area contributed by atoms with Gasteiger partial charge >= 0.3 is 0 Å². The highest BCUT2D eigenvalue weighted by molar-refractivity contribution is 9.10. The first-order chi connectivity index (χ1) is 10.7. The van der Waals surface area contributed by atoms with Crippen LogP contribution in [0, 0.1) is 5.82 Å². The Morgan fingerprint density at radius 2 is 1.82 bits per heavy atom. The summed E-state index contributed by atoms with van der Waals surface area (Å²) in [5, 5.41) is 2.87. The average molecular weight is 366 g/mol. The predicted molar refractivity (Wildman–Crippen MR) is 87.6 cm³/mol. The van der Waals surface area contributed by atoms with Gasteiger partial charge in [0.15, 0.2) is 0 Å². The minimum Gasteiger partial charge on any atom is -0.494 e. The van der Waals surface area contributed by atoms with Crippen LogP contribution in [0.5, 0.6) is 5.75 Å². The van der Waals surface area contributed by atoms with Gasteiger partial charge in [-0.25, -0.2) is 4.39 Å². The summed E-state index contributed by atoms with van der Waals surface area (Å²) in [6.45, 7) is 1.13. The molecule has 0 fully saturated rings. The van der Waals surface area contributed by atoms with Crippen molar-refractivity contribution in [3.8, 4) is 5.75 Å². The maximum absolute atomic E-state index is 12.7. The number of nitrogens with one attached hydrogen (secondary N) is 1. The summed E-state index contributed by atoms with van der Waals surface area (Å²) in [4.78, 5) is 11.9. The van der Waals surface area contributed by atoms with Crippen LogP contribution in [0.1, 0.15) is 23.2 Å². The highest BCUT2D eigenvalue weighted by Gasteiger charge is 2.07. The van der Waals surface area contributed by atoms with Crippen molar-refractivity contribution in [2.45, 2.75) is 12.8 Å². The quantitative estimate of drug-likeness (QED) is 0.747. The van der Waals surface area contributed by atoms with E-state index in [1.807, 2.05) is 18.2 Å². The molecule has 0 aliphatic rings. The summed E-state index contributed by atoms with van der Waals surface area (Å²) in [7, 11) is 0. The van der Waals surface area contributed by atoms with Crippen LogP contribution in [0.3, 0.4) is 0 Å². The number of benzene rings is 2. The van der Waals surface area contributed by atoms with Crippen molar-refractivity contribution in [3.05, 3.63) is 64.4 Å². The van der Waals surface area contributed by atoms with Gasteiger partial charge in [0.1, 0.15) is 11.6 Å². The third-order valence-corrected chi connectivity index (χ3v) is 3.75. The Hall–Kier alpha value is -1.88. The molecule has 116 valence electrons. The van der Waals surface area contributed by atoms with Gasteiger partial charge in [-0.2, -0.15) is 0 Å². The van der Waals surface area contributed by atoms with E-state index in [1.165, 1.54) is 12.1 Å². The first kappa shape index (κ1) is 16.5. The average Bonchev–Trinajstić information content (AvgIpc) is 2.52.